The Kier molecular flexibility index (Phi) is 10.1. The Balaban J connectivity index is 0.00000385. The molecule has 0 aliphatic carbocycles. The van der Waals surface area contributed by atoms with Crippen molar-refractivity contribution in [3.63, 3.8) is 0 Å². The van der Waals surface area contributed by atoms with Crippen LogP contribution in [0.4, 0.5) is 11.4 Å². The van der Waals surface area contributed by atoms with Gasteiger partial charge in [0.15, 0.2) is 5.96 Å². The molecule has 0 bridgehead atoms. The lowest BCUT2D eigenvalue weighted by Crippen LogP contribution is -2.55. The fourth-order valence-electron chi connectivity index (χ4n) is 3.46. The van der Waals surface area contributed by atoms with Crippen LogP contribution in [0.25, 0.3) is 0 Å². The van der Waals surface area contributed by atoms with Crippen LogP contribution in [0.3, 0.4) is 0 Å². The number of hydrogen-bond acceptors (Lipinski definition) is 4. The van der Waals surface area contributed by atoms with Gasteiger partial charge in [-0.25, -0.2) is 4.99 Å². The Labute approximate surface area is 212 Å². The predicted octanol–water partition coefficient (Wildman–Crippen LogP) is 2.84. The summed E-state index contributed by atoms with van der Waals surface area (Å²) in [5, 5.41) is 10.4. The second-order valence-corrected chi connectivity index (χ2v) is 8.01. The molecule has 3 rings (SSSR count). The van der Waals surface area contributed by atoms with E-state index in [1.54, 1.807) is 15.8 Å². The van der Waals surface area contributed by atoms with Crippen molar-refractivity contribution in [2.45, 2.75) is 33.7 Å². The standard InChI is InChI=1S/C23H33N7O2.HI/c1-5-17(3)22(32)27-19-9-7-8-18(12-19)13-25-23(24-6-2)29-10-11-30(21(31)16-29)20-14-26-28(4)15-20;/h7-9,12,14-15,17H,5-6,10-11,13,16H2,1-4H3,(H,24,25)(H,27,32);1H. The van der Waals surface area contributed by atoms with Crippen molar-refractivity contribution in [3.05, 3.63) is 42.2 Å². The number of carbonyl (C=O) groups excluding carboxylic acids is 2. The van der Waals surface area contributed by atoms with Crippen molar-refractivity contribution in [3.8, 4) is 0 Å². The molecule has 0 spiro atoms. The van der Waals surface area contributed by atoms with Crippen LogP contribution in [0.5, 0.6) is 0 Å². The maximum atomic E-state index is 12.7. The molecule has 9 nitrogen and oxygen atoms in total. The molecule has 1 fully saturated rings. The van der Waals surface area contributed by atoms with E-state index in [1.807, 2.05) is 63.2 Å². The van der Waals surface area contributed by atoms with Gasteiger partial charge in [0, 0.05) is 44.5 Å². The number of hydrogen-bond donors (Lipinski definition) is 2. The molecule has 2 aromatic rings. The van der Waals surface area contributed by atoms with Gasteiger partial charge in [0.25, 0.3) is 0 Å². The number of anilines is 2. The first-order valence-corrected chi connectivity index (χ1v) is 11.1. The largest absolute Gasteiger partial charge is 0.356 e. The van der Waals surface area contributed by atoms with Crippen LogP contribution >= 0.6 is 24.0 Å². The van der Waals surface area contributed by atoms with Crippen LogP contribution in [0, 0.1) is 5.92 Å². The van der Waals surface area contributed by atoms with Crippen LogP contribution < -0.4 is 15.5 Å². The van der Waals surface area contributed by atoms with E-state index in [1.165, 1.54) is 0 Å². The molecule has 0 radical (unpaired) electrons. The molecule has 1 atom stereocenters. The minimum Gasteiger partial charge on any atom is -0.356 e. The molecule has 1 aromatic heterocycles. The topological polar surface area (TPSA) is 94.9 Å². The van der Waals surface area contributed by atoms with E-state index >= 15 is 0 Å². The van der Waals surface area contributed by atoms with Gasteiger partial charge in [0.1, 0.15) is 6.54 Å². The zero-order chi connectivity index (χ0) is 23.1. The fraction of sp³-hybridized carbons (Fsp3) is 0.478. The lowest BCUT2D eigenvalue weighted by atomic mass is 10.1. The van der Waals surface area contributed by atoms with E-state index < -0.39 is 0 Å². The zero-order valence-electron chi connectivity index (χ0n) is 19.7. The summed E-state index contributed by atoms with van der Waals surface area (Å²) in [7, 11) is 1.84. The summed E-state index contributed by atoms with van der Waals surface area (Å²) in [6, 6.07) is 7.73. The Morgan fingerprint density at radius 1 is 1.27 bits per heavy atom. The number of nitrogens with one attached hydrogen (secondary N) is 2. The monoisotopic (exact) mass is 567 g/mol. The highest BCUT2D eigenvalue weighted by Crippen LogP contribution is 2.17. The lowest BCUT2D eigenvalue weighted by Gasteiger charge is -2.35. The van der Waals surface area contributed by atoms with Crippen molar-refractivity contribution < 1.29 is 9.59 Å². The Hall–Kier alpha value is -2.63. The average Bonchev–Trinajstić information content (AvgIpc) is 3.22. The third-order valence-electron chi connectivity index (χ3n) is 5.52. The first kappa shape index (κ1) is 26.6. The molecular weight excluding hydrogens is 533 g/mol. The lowest BCUT2D eigenvalue weighted by molar-refractivity contribution is -0.120. The number of rotatable bonds is 7. The normalized spacial score (nSPS) is 15.2. The Bertz CT molecular complexity index is 975. The summed E-state index contributed by atoms with van der Waals surface area (Å²) in [5.41, 5.74) is 2.58. The third-order valence-corrected chi connectivity index (χ3v) is 5.52. The van der Waals surface area contributed by atoms with E-state index in [0.29, 0.717) is 32.1 Å². The minimum atomic E-state index is -0.0279. The summed E-state index contributed by atoms with van der Waals surface area (Å²) in [6.07, 6.45) is 4.36. The van der Waals surface area contributed by atoms with E-state index in [4.69, 9.17) is 4.99 Å². The minimum absolute atomic E-state index is 0. The van der Waals surface area contributed by atoms with Crippen molar-refractivity contribution in [2.24, 2.45) is 18.0 Å². The number of benzene rings is 1. The number of halogens is 1. The molecule has 2 amide bonds. The van der Waals surface area contributed by atoms with Crippen LogP contribution in [-0.2, 0) is 23.2 Å². The molecule has 1 unspecified atom stereocenters. The molecule has 10 heteroatoms. The molecule has 1 saturated heterocycles. The van der Waals surface area contributed by atoms with E-state index in [0.717, 1.165) is 23.4 Å². The second kappa shape index (κ2) is 12.6. The summed E-state index contributed by atoms with van der Waals surface area (Å²) in [6.45, 7) is 8.59. The number of piperazine rings is 1. The van der Waals surface area contributed by atoms with Gasteiger partial charge in [-0.1, -0.05) is 26.0 Å². The van der Waals surface area contributed by atoms with E-state index in [-0.39, 0.29) is 48.3 Å². The van der Waals surface area contributed by atoms with Crippen molar-refractivity contribution in [1.29, 1.82) is 0 Å². The van der Waals surface area contributed by atoms with Crippen LogP contribution in [0.2, 0.25) is 0 Å². The Morgan fingerprint density at radius 2 is 2.06 bits per heavy atom. The predicted molar refractivity (Wildman–Crippen MR) is 142 cm³/mol. The molecule has 2 N–H and O–H groups in total. The van der Waals surface area contributed by atoms with Gasteiger partial charge in [-0.05, 0) is 31.0 Å². The number of aliphatic imine (C=N–C) groups is 1. The number of amides is 2. The molecule has 180 valence electrons. The first-order valence-electron chi connectivity index (χ1n) is 11.1. The van der Waals surface area contributed by atoms with Crippen LogP contribution in [-0.4, -0.2) is 58.6 Å². The van der Waals surface area contributed by atoms with Gasteiger partial charge < -0.3 is 20.4 Å². The van der Waals surface area contributed by atoms with Crippen LogP contribution in [0.15, 0.2) is 41.7 Å². The highest BCUT2D eigenvalue weighted by molar-refractivity contribution is 14.0. The molecule has 1 aliphatic heterocycles. The highest BCUT2D eigenvalue weighted by Gasteiger charge is 2.27. The third kappa shape index (κ3) is 7.18. The molecule has 1 aromatic carbocycles. The first-order chi connectivity index (χ1) is 15.4. The quantitative estimate of drug-likeness (QED) is 0.305. The maximum Gasteiger partial charge on any atom is 0.246 e. The number of aromatic nitrogens is 2. The summed E-state index contributed by atoms with van der Waals surface area (Å²) >= 11 is 0. The average molecular weight is 567 g/mol. The van der Waals surface area contributed by atoms with Gasteiger partial charge >= 0.3 is 0 Å². The maximum absolute atomic E-state index is 12.7. The SMILES string of the molecule is CCNC(=NCc1cccc(NC(=O)C(C)CC)c1)N1CCN(c2cnn(C)c2)C(=O)C1.I. The summed E-state index contributed by atoms with van der Waals surface area (Å²) in [5.74, 6) is 0.719. The number of aryl methyl sites for hydroxylation is 1. The summed E-state index contributed by atoms with van der Waals surface area (Å²) < 4.78 is 1.69. The number of carbonyl (C=O) groups is 2. The van der Waals surface area contributed by atoms with Crippen molar-refractivity contribution >= 4 is 53.1 Å². The van der Waals surface area contributed by atoms with Gasteiger partial charge in [0.05, 0.1) is 18.4 Å². The molecule has 1 aliphatic rings. The molecule has 33 heavy (non-hydrogen) atoms. The second-order valence-electron chi connectivity index (χ2n) is 8.01. The number of guanidine groups is 1. The van der Waals surface area contributed by atoms with Gasteiger partial charge in [-0.2, -0.15) is 5.10 Å². The van der Waals surface area contributed by atoms with E-state index in [9.17, 15) is 9.59 Å². The Morgan fingerprint density at radius 3 is 2.70 bits per heavy atom. The molecule has 2 heterocycles. The van der Waals surface area contributed by atoms with Gasteiger partial charge in [-0.15, -0.1) is 24.0 Å². The molecular formula is C23H34IN7O2. The highest BCUT2D eigenvalue weighted by atomic mass is 127. The summed E-state index contributed by atoms with van der Waals surface area (Å²) in [4.78, 5) is 33.4. The fourth-order valence-corrected chi connectivity index (χ4v) is 3.46. The van der Waals surface area contributed by atoms with Gasteiger partial charge in [-0.3, -0.25) is 14.3 Å². The smallest absolute Gasteiger partial charge is 0.246 e. The van der Waals surface area contributed by atoms with Crippen molar-refractivity contribution in [1.82, 2.24) is 20.0 Å². The van der Waals surface area contributed by atoms with Crippen molar-refractivity contribution in [2.75, 3.05) is 36.4 Å². The van der Waals surface area contributed by atoms with Gasteiger partial charge in [0.2, 0.25) is 11.8 Å². The molecule has 0 saturated carbocycles. The number of nitrogens with zero attached hydrogens (tertiary/aromatic N) is 5. The zero-order valence-corrected chi connectivity index (χ0v) is 22.1. The van der Waals surface area contributed by atoms with Crippen LogP contribution in [0.1, 0.15) is 32.8 Å². The van der Waals surface area contributed by atoms with E-state index in [2.05, 4.69) is 15.7 Å².